The van der Waals surface area contributed by atoms with E-state index < -0.39 is 5.97 Å². The topological polar surface area (TPSA) is 91.1 Å². The standard InChI is InChI=1S/C15H18N2O5/c18-13-2-1-5-17(13)11-3-6-16(7-4-11)14(19)12-8-10(9-22-12)15(20)21/h8-9,11H,1-7H2,(H,20,21). The molecule has 3 heterocycles. The Labute approximate surface area is 127 Å². The number of piperidine rings is 1. The molecule has 2 saturated heterocycles. The molecule has 1 aromatic rings. The average Bonchev–Trinajstić information content (AvgIpc) is 3.15. The van der Waals surface area contributed by atoms with Crippen molar-refractivity contribution in [2.45, 2.75) is 31.7 Å². The molecule has 118 valence electrons. The molecule has 1 N–H and O–H groups in total. The summed E-state index contributed by atoms with van der Waals surface area (Å²) < 4.78 is 5.05. The van der Waals surface area contributed by atoms with E-state index in [0.717, 1.165) is 32.1 Å². The fourth-order valence-electron chi connectivity index (χ4n) is 3.15. The van der Waals surface area contributed by atoms with Crippen LogP contribution < -0.4 is 0 Å². The fourth-order valence-corrected chi connectivity index (χ4v) is 3.15. The molecule has 2 aliphatic heterocycles. The first kappa shape index (κ1) is 14.6. The number of carbonyl (C=O) groups excluding carboxylic acids is 2. The number of hydrogen-bond acceptors (Lipinski definition) is 4. The second-order valence-electron chi connectivity index (χ2n) is 5.72. The van der Waals surface area contributed by atoms with Gasteiger partial charge >= 0.3 is 5.97 Å². The van der Waals surface area contributed by atoms with Gasteiger partial charge in [-0.25, -0.2) is 4.79 Å². The molecule has 22 heavy (non-hydrogen) atoms. The number of carbonyl (C=O) groups is 3. The molecule has 0 saturated carbocycles. The number of likely N-dealkylation sites (tertiary alicyclic amines) is 2. The summed E-state index contributed by atoms with van der Waals surface area (Å²) in [5, 5.41) is 8.85. The summed E-state index contributed by atoms with van der Waals surface area (Å²) in [4.78, 5) is 38.4. The van der Waals surface area contributed by atoms with Crippen molar-refractivity contribution >= 4 is 17.8 Å². The van der Waals surface area contributed by atoms with E-state index in [-0.39, 0.29) is 29.2 Å². The lowest BCUT2D eigenvalue weighted by atomic mass is 10.0. The molecule has 1 aromatic heterocycles. The van der Waals surface area contributed by atoms with Gasteiger partial charge in [0.25, 0.3) is 5.91 Å². The maximum absolute atomic E-state index is 12.3. The van der Waals surface area contributed by atoms with Gasteiger partial charge in [-0.3, -0.25) is 9.59 Å². The summed E-state index contributed by atoms with van der Waals surface area (Å²) in [7, 11) is 0. The minimum absolute atomic E-state index is 0.0269. The van der Waals surface area contributed by atoms with Gasteiger partial charge in [0.05, 0.1) is 5.56 Å². The van der Waals surface area contributed by atoms with Gasteiger partial charge in [0, 0.05) is 38.2 Å². The molecular weight excluding hydrogens is 288 g/mol. The number of hydrogen-bond donors (Lipinski definition) is 1. The van der Waals surface area contributed by atoms with Crippen LogP contribution in [-0.4, -0.2) is 58.4 Å². The monoisotopic (exact) mass is 306 g/mol. The first-order valence-electron chi connectivity index (χ1n) is 7.47. The number of aromatic carboxylic acids is 1. The molecule has 3 rings (SSSR count). The molecule has 0 spiro atoms. The van der Waals surface area contributed by atoms with Crippen molar-refractivity contribution in [1.29, 1.82) is 0 Å². The minimum Gasteiger partial charge on any atom is -0.478 e. The number of rotatable bonds is 3. The van der Waals surface area contributed by atoms with Crippen LogP contribution in [0.5, 0.6) is 0 Å². The van der Waals surface area contributed by atoms with Gasteiger partial charge in [0.15, 0.2) is 5.76 Å². The Hall–Kier alpha value is -2.31. The first-order chi connectivity index (χ1) is 10.6. The third kappa shape index (κ3) is 2.70. The Morgan fingerprint density at radius 3 is 2.50 bits per heavy atom. The van der Waals surface area contributed by atoms with Gasteiger partial charge in [-0.15, -0.1) is 0 Å². The van der Waals surface area contributed by atoms with E-state index in [9.17, 15) is 14.4 Å². The zero-order valence-electron chi connectivity index (χ0n) is 12.2. The van der Waals surface area contributed by atoms with Gasteiger partial charge in [0.1, 0.15) is 6.26 Å². The molecule has 0 radical (unpaired) electrons. The van der Waals surface area contributed by atoms with E-state index in [1.807, 2.05) is 4.90 Å². The highest BCUT2D eigenvalue weighted by molar-refractivity contribution is 5.95. The summed E-state index contributed by atoms with van der Waals surface area (Å²) in [6.45, 7) is 1.92. The number of carboxylic acid groups (broad SMARTS) is 1. The lowest BCUT2D eigenvalue weighted by Gasteiger charge is -2.36. The van der Waals surface area contributed by atoms with Gasteiger partial charge in [-0.2, -0.15) is 0 Å². The molecule has 0 atom stereocenters. The maximum Gasteiger partial charge on any atom is 0.338 e. The van der Waals surface area contributed by atoms with Crippen molar-refractivity contribution in [2.24, 2.45) is 0 Å². The molecule has 2 aliphatic rings. The summed E-state index contributed by atoms with van der Waals surface area (Å²) in [6, 6.07) is 1.46. The van der Waals surface area contributed by atoms with Crippen LogP contribution in [0.25, 0.3) is 0 Å². The molecule has 0 unspecified atom stereocenters. The molecular formula is C15H18N2O5. The van der Waals surface area contributed by atoms with E-state index >= 15 is 0 Å². The van der Waals surface area contributed by atoms with Crippen LogP contribution in [0.15, 0.2) is 16.7 Å². The normalized spacial score (nSPS) is 19.7. The van der Waals surface area contributed by atoms with Crippen molar-refractivity contribution in [3.8, 4) is 0 Å². The Morgan fingerprint density at radius 1 is 1.23 bits per heavy atom. The first-order valence-corrected chi connectivity index (χ1v) is 7.47. The van der Waals surface area contributed by atoms with Crippen molar-refractivity contribution in [2.75, 3.05) is 19.6 Å². The molecule has 7 heteroatoms. The quantitative estimate of drug-likeness (QED) is 0.906. The number of nitrogens with zero attached hydrogens (tertiary/aromatic N) is 2. The summed E-state index contributed by atoms with van der Waals surface area (Å²) >= 11 is 0. The molecule has 0 aliphatic carbocycles. The van der Waals surface area contributed by atoms with Crippen molar-refractivity contribution in [3.05, 3.63) is 23.7 Å². The van der Waals surface area contributed by atoms with Crippen molar-refractivity contribution < 1.29 is 23.9 Å². The van der Waals surface area contributed by atoms with E-state index in [0.29, 0.717) is 19.5 Å². The highest BCUT2D eigenvalue weighted by atomic mass is 16.4. The van der Waals surface area contributed by atoms with Crippen LogP contribution >= 0.6 is 0 Å². The number of amides is 2. The zero-order chi connectivity index (χ0) is 15.7. The second-order valence-corrected chi connectivity index (χ2v) is 5.72. The van der Waals surface area contributed by atoms with Gasteiger partial charge in [-0.05, 0) is 19.3 Å². The van der Waals surface area contributed by atoms with Crippen LogP contribution in [0, 0.1) is 0 Å². The second kappa shape index (κ2) is 5.82. The SMILES string of the molecule is O=C(O)c1coc(C(=O)N2CCC(N3CCCC3=O)CC2)c1. The van der Waals surface area contributed by atoms with Gasteiger partial charge in [0.2, 0.25) is 5.91 Å². The largest absolute Gasteiger partial charge is 0.478 e. The Morgan fingerprint density at radius 2 is 1.95 bits per heavy atom. The van der Waals surface area contributed by atoms with E-state index in [2.05, 4.69) is 0 Å². The Bertz CT molecular complexity index is 601. The molecule has 7 nitrogen and oxygen atoms in total. The average molecular weight is 306 g/mol. The van der Waals surface area contributed by atoms with Crippen LogP contribution in [0.2, 0.25) is 0 Å². The van der Waals surface area contributed by atoms with Crippen LogP contribution in [0.3, 0.4) is 0 Å². The Balaban J connectivity index is 1.59. The van der Waals surface area contributed by atoms with Crippen molar-refractivity contribution in [1.82, 2.24) is 9.80 Å². The van der Waals surface area contributed by atoms with Gasteiger partial charge < -0.3 is 19.3 Å². The highest BCUT2D eigenvalue weighted by Gasteiger charge is 2.32. The third-order valence-electron chi connectivity index (χ3n) is 4.36. The molecule has 2 fully saturated rings. The third-order valence-corrected chi connectivity index (χ3v) is 4.36. The maximum atomic E-state index is 12.3. The number of furan rings is 1. The van der Waals surface area contributed by atoms with Gasteiger partial charge in [-0.1, -0.05) is 0 Å². The lowest BCUT2D eigenvalue weighted by molar-refractivity contribution is -0.130. The molecule has 0 aromatic carbocycles. The van der Waals surface area contributed by atoms with Crippen LogP contribution in [-0.2, 0) is 4.79 Å². The zero-order valence-corrected chi connectivity index (χ0v) is 12.2. The van der Waals surface area contributed by atoms with E-state index in [1.165, 1.54) is 6.07 Å². The Kier molecular flexibility index (Phi) is 3.87. The van der Waals surface area contributed by atoms with Crippen LogP contribution in [0.4, 0.5) is 0 Å². The van der Waals surface area contributed by atoms with Crippen LogP contribution in [0.1, 0.15) is 46.6 Å². The lowest BCUT2D eigenvalue weighted by Crippen LogP contribution is -2.47. The minimum atomic E-state index is -1.12. The summed E-state index contributed by atoms with van der Waals surface area (Å²) in [5.41, 5.74) is -0.0269. The predicted octanol–water partition coefficient (Wildman–Crippen LogP) is 1.20. The van der Waals surface area contributed by atoms with E-state index in [4.69, 9.17) is 9.52 Å². The van der Waals surface area contributed by atoms with Crippen molar-refractivity contribution in [3.63, 3.8) is 0 Å². The molecule has 0 bridgehead atoms. The van der Waals surface area contributed by atoms with E-state index in [1.54, 1.807) is 4.90 Å². The summed E-state index contributed by atoms with van der Waals surface area (Å²) in [5.74, 6) is -1.15. The smallest absolute Gasteiger partial charge is 0.338 e. The molecule has 2 amide bonds. The summed E-state index contributed by atoms with van der Waals surface area (Å²) in [6.07, 6.45) is 4.13. The predicted molar refractivity (Wildman–Crippen MR) is 75.5 cm³/mol. The fraction of sp³-hybridized carbons (Fsp3) is 0.533. The highest BCUT2D eigenvalue weighted by Crippen LogP contribution is 2.23. The number of carboxylic acids is 1.